The first-order valence-electron chi connectivity index (χ1n) is 4.60. The predicted molar refractivity (Wildman–Crippen MR) is 47.0 cm³/mol. The highest BCUT2D eigenvalue weighted by Crippen LogP contribution is 2.19. The van der Waals surface area contributed by atoms with Gasteiger partial charge in [-0.1, -0.05) is 13.3 Å². The molecule has 1 atom stereocenters. The summed E-state index contributed by atoms with van der Waals surface area (Å²) in [6, 6.07) is 0. The number of carbonyl (C=O) groups excluding carboxylic acids is 1. The molecule has 70 valence electrons. The molecule has 3 nitrogen and oxygen atoms in total. The van der Waals surface area contributed by atoms with E-state index in [1.54, 1.807) is 4.90 Å². The van der Waals surface area contributed by atoms with Gasteiger partial charge >= 0.3 is 6.09 Å². The maximum Gasteiger partial charge on any atom is 0.409 e. The van der Waals surface area contributed by atoms with Gasteiger partial charge < -0.3 is 9.64 Å². The van der Waals surface area contributed by atoms with E-state index in [-0.39, 0.29) is 6.09 Å². The second kappa shape index (κ2) is 4.33. The van der Waals surface area contributed by atoms with Crippen molar-refractivity contribution in [2.75, 3.05) is 20.2 Å². The quantitative estimate of drug-likeness (QED) is 0.602. The molecule has 1 saturated heterocycles. The number of carbonyl (C=O) groups is 1. The summed E-state index contributed by atoms with van der Waals surface area (Å²) < 4.78 is 4.67. The Kier molecular flexibility index (Phi) is 3.38. The summed E-state index contributed by atoms with van der Waals surface area (Å²) >= 11 is 0. The monoisotopic (exact) mass is 171 g/mol. The van der Waals surface area contributed by atoms with Gasteiger partial charge in [-0.2, -0.15) is 0 Å². The third-order valence-electron chi connectivity index (χ3n) is 2.53. The van der Waals surface area contributed by atoms with E-state index in [2.05, 4.69) is 11.7 Å². The number of piperidine rings is 1. The summed E-state index contributed by atoms with van der Waals surface area (Å²) in [5.74, 6) is 0.679. The van der Waals surface area contributed by atoms with Crippen molar-refractivity contribution in [3.63, 3.8) is 0 Å². The van der Waals surface area contributed by atoms with Crippen LogP contribution in [0.3, 0.4) is 0 Å². The number of hydrogen-bond acceptors (Lipinski definition) is 2. The molecule has 0 aliphatic carbocycles. The van der Waals surface area contributed by atoms with E-state index >= 15 is 0 Å². The fraction of sp³-hybridized carbons (Fsp3) is 0.889. The van der Waals surface area contributed by atoms with Gasteiger partial charge in [-0.15, -0.1) is 0 Å². The average molecular weight is 171 g/mol. The van der Waals surface area contributed by atoms with Crippen molar-refractivity contribution < 1.29 is 9.53 Å². The zero-order valence-corrected chi connectivity index (χ0v) is 7.88. The van der Waals surface area contributed by atoms with Gasteiger partial charge in [0.15, 0.2) is 0 Å². The van der Waals surface area contributed by atoms with Crippen molar-refractivity contribution in [2.24, 2.45) is 5.92 Å². The normalized spacial score (nSPS) is 23.8. The molecule has 0 spiro atoms. The Hall–Kier alpha value is -0.730. The van der Waals surface area contributed by atoms with E-state index in [0.717, 1.165) is 25.9 Å². The van der Waals surface area contributed by atoms with Gasteiger partial charge in [0.2, 0.25) is 0 Å². The van der Waals surface area contributed by atoms with Gasteiger partial charge in [-0.05, 0) is 18.8 Å². The van der Waals surface area contributed by atoms with E-state index in [1.165, 1.54) is 13.5 Å². The minimum absolute atomic E-state index is 0.173. The summed E-state index contributed by atoms with van der Waals surface area (Å²) in [5.41, 5.74) is 0. The number of likely N-dealkylation sites (tertiary alicyclic amines) is 1. The van der Waals surface area contributed by atoms with Crippen LogP contribution < -0.4 is 0 Å². The molecule has 0 saturated carbocycles. The molecule has 1 aliphatic heterocycles. The van der Waals surface area contributed by atoms with Crippen molar-refractivity contribution in [1.29, 1.82) is 0 Å². The third kappa shape index (κ3) is 2.13. The molecule has 0 aromatic heterocycles. The molecule has 1 aliphatic rings. The largest absolute Gasteiger partial charge is 0.453 e. The molecule has 0 aromatic rings. The second-order valence-electron chi connectivity index (χ2n) is 3.33. The number of rotatable bonds is 1. The lowest BCUT2D eigenvalue weighted by Crippen LogP contribution is -2.39. The first-order chi connectivity index (χ1) is 5.77. The summed E-state index contributed by atoms with van der Waals surface area (Å²) in [6.45, 7) is 3.91. The van der Waals surface area contributed by atoms with Crippen LogP contribution in [0.15, 0.2) is 0 Å². The molecule has 0 N–H and O–H groups in total. The summed E-state index contributed by atoms with van der Waals surface area (Å²) in [7, 11) is 1.44. The van der Waals surface area contributed by atoms with E-state index in [0.29, 0.717) is 5.92 Å². The Morgan fingerprint density at radius 3 is 3.00 bits per heavy atom. The van der Waals surface area contributed by atoms with Crippen molar-refractivity contribution in [2.45, 2.75) is 26.2 Å². The van der Waals surface area contributed by atoms with Gasteiger partial charge in [-0.3, -0.25) is 0 Å². The first-order valence-corrected chi connectivity index (χ1v) is 4.60. The smallest absolute Gasteiger partial charge is 0.409 e. The maximum atomic E-state index is 11.1. The van der Waals surface area contributed by atoms with E-state index in [9.17, 15) is 4.79 Å². The number of hydrogen-bond donors (Lipinski definition) is 0. The van der Waals surface area contributed by atoms with Gasteiger partial charge in [0, 0.05) is 13.1 Å². The Morgan fingerprint density at radius 1 is 1.67 bits per heavy atom. The lowest BCUT2D eigenvalue weighted by Gasteiger charge is -2.30. The van der Waals surface area contributed by atoms with Crippen LogP contribution >= 0.6 is 0 Å². The van der Waals surface area contributed by atoms with Crippen LogP contribution in [0.2, 0.25) is 0 Å². The standard InChI is InChI=1S/C9H17NO2/c1-3-8-5-4-6-10(7-8)9(11)12-2/h8H,3-7H2,1-2H3/t8-/m0/s1. The van der Waals surface area contributed by atoms with Gasteiger partial charge in [-0.25, -0.2) is 4.79 Å². The van der Waals surface area contributed by atoms with Crippen LogP contribution in [-0.4, -0.2) is 31.2 Å². The molecular formula is C9H17NO2. The zero-order valence-electron chi connectivity index (χ0n) is 7.88. The van der Waals surface area contributed by atoms with Gasteiger partial charge in [0.25, 0.3) is 0 Å². The lowest BCUT2D eigenvalue weighted by molar-refractivity contribution is 0.101. The molecule has 1 rings (SSSR count). The molecule has 0 aromatic carbocycles. The Balaban J connectivity index is 2.40. The summed E-state index contributed by atoms with van der Waals surface area (Å²) in [5, 5.41) is 0. The van der Waals surface area contributed by atoms with Gasteiger partial charge in [0.1, 0.15) is 0 Å². The Morgan fingerprint density at radius 2 is 2.42 bits per heavy atom. The molecule has 0 unspecified atom stereocenters. The van der Waals surface area contributed by atoms with Crippen molar-refractivity contribution in [3.05, 3.63) is 0 Å². The second-order valence-corrected chi connectivity index (χ2v) is 3.33. The van der Waals surface area contributed by atoms with Crippen LogP contribution in [0.25, 0.3) is 0 Å². The number of amides is 1. The predicted octanol–water partition coefficient (Wildman–Crippen LogP) is 1.87. The maximum absolute atomic E-state index is 11.1. The molecule has 1 fully saturated rings. The minimum atomic E-state index is -0.173. The van der Waals surface area contributed by atoms with E-state index < -0.39 is 0 Å². The van der Waals surface area contributed by atoms with Crippen LogP contribution in [0.4, 0.5) is 4.79 Å². The number of methoxy groups -OCH3 is 1. The molecule has 0 bridgehead atoms. The Labute approximate surface area is 73.7 Å². The minimum Gasteiger partial charge on any atom is -0.453 e. The topological polar surface area (TPSA) is 29.5 Å². The van der Waals surface area contributed by atoms with Crippen molar-refractivity contribution in [3.8, 4) is 0 Å². The Bertz CT molecular complexity index is 159. The van der Waals surface area contributed by atoms with E-state index in [1.807, 2.05) is 0 Å². The summed E-state index contributed by atoms with van der Waals surface area (Å²) in [4.78, 5) is 12.9. The zero-order chi connectivity index (χ0) is 8.97. The average Bonchev–Trinajstić information content (AvgIpc) is 2.17. The molecule has 1 heterocycles. The molecular weight excluding hydrogens is 154 g/mol. The fourth-order valence-corrected chi connectivity index (χ4v) is 1.69. The fourth-order valence-electron chi connectivity index (χ4n) is 1.69. The van der Waals surface area contributed by atoms with Crippen molar-refractivity contribution in [1.82, 2.24) is 4.90 Å². The number of nitrogens with zero attached hydrogens (tertiary/aromatic N) is 1. The summed E-state index contributed by atoms with van der Waals surface area (Å²) in [6.07, 6.45) is 3.36. The molecule has 1 amide bonds. The molecule has 12 heavy (non-hydrogen) atoms. The lowest BCUT2D eigenvalue weighted by atomic mass is 9.96. The van der Waals surface area contributed by atoms with Crippen molar-refractivity contribution >= 4 is 6.09 Å². The third-order valence-corrected chi connectivity index (χ3v) is 2.53. The highest BCUT2D eigenvalue weighted by Gasteiger charge is 2.22. The number of ether oxygens (including phenoxy) is 1. The first kappa shape index (κ1) is 9.36. The van der Waals surface area contributed by atoms with Crippen LogP contribution in [0, 0.1) is 5.92 Å². The SMILES string of the molecule is CC[C@H]1CCCN(C(=O)OC)C1. The van der Waals surface area contributed by atoms with Crippen LogP contribution in [0.5, 0.6) is 0 Å². The molecule has 3 heteroatoms. The highest BCUT2D eigenvalue weighted by molar-refractivity contribution is 5.67. The van der Waals surface area contributed by atoms with Gasteiger partial charge in [0.05, 0.1) is 7.11 Å². The van der Waals surface area contributed by atoms with Crippen LogP contribution in [0.1, 0.15) is 26.2 Å². The highest BCUT2D eigenvalue weighted by atomic mass is 16.5. The van der Waals surface area contributed by atoms with Crippen LogP contribution in [-0.2, 0) is 4.74 Å². The molecule has 0 radical (unpaired) electrons. The van der Waals surface area contributed by atoms with E-state index in [4.69, 9.17) is 0 Å².